The average molecular weight is 452 g/mol. The Morgan fingerprint density at radius 2 is 1.71 bits per heavy atom. The van der Waals surface area contributed by atoms with Crippen molar-refractivity contribution < 1.29 is 4.42 Å². The molecule has 0 radical (unpaired) electrons. The van der Waals surface area contributed by atoms with E-state index >= 15 is 0 Å². The fourth-order valence-electron chi connectivity index (χ4n) is 4.09. The second kappa shape index (κ2) is 9.12. The van der Waals surface area contributed by atoms with Gasteiger partial charge in [-0.15, -0.1) is 10.2 Å². The molecule has 170 valence electrons. The molecule has 34 heavy (non-hydrogen) atoms. The highest BCUT2D eigenvalue weighted by molar-refractivity contribution is 5.62. The van der Waals surface area contributed by atoms with Gasteiger partial charge >= 0.3 is 0 Å². The maximum atomic E-state index is 9.43. The molecule has 0 saturated carbocycles. The van der Waals surface area contributed by atoms with Crippen LogP contribution in [0.3, 0.4) is 0 Å². The van der Waals surface area contributed by atoms with Crippen LogP contribution >= 0.6 is 0 Å². The average Bonchev–Trinajstić information content (AvgIpc) is 3.40. The summed E-state index contributed by atoms with van der Waals surface area (Å²) in [6.45, 7) is 5.80. The first kappa shape index (κ1) is 21.9. The SMILES string of the molecule is CC(C)(C#N)c1cc(-c2cncc(-c3nnc(-c4ccc(C5CCNCC5)cc4)o3)n2)ccn1. The standard InChI is InChI=1S/C26H25N7O/c1-26(2,16-27)23-13-20(9-12-30-23)21-14-29-15-22(31-21)25-33-32-24(34-25)19-5-3-17(4-6-19)18-7-10-28-11-8-18/h3-6,9,12-15,18,28H,7-8,10-11H2,1-2H3. The molecule has 0 aliphatic carbocycles. The largest absolute Gasteiger partial charge is 0.415 e. The second-order valence-corrected chi connectivity index (χ2v) is 9.01. The fourth-order valence-corrected chi connectivity index (χ4v) is 4.09. The number of hydrogen-bond donors (Lipinski definition) is 1. The topological polar surface area (TPSA) is 113 Å². The van der Waals surface area contributed by atoms with Crippen molar-refractivity contribution in [3.8, 4) is 40.4 Å². The monoisotopic (exact) mass is 451 g/mol. The lowest BCUT2D eigenvalue weighted by molar-refractivity contribution is 0.460. The molecule has 1 aliphatic heterocycles. The maximum Gasteiger partial charge on any atom is 0.268 e. The van der Waals surface area contributed by atoms with Crippen LogP contribution in [-0.2, 0) is 5.41 Å². The summed E-state index contributed by atoms with van der Waals surface area (Å²) in [5, 5.41) is 21.3. The highest BCUT2D eigenvalue weighted by atomic mass is 16.4. The van der Waals surface area contributed by atoms with E-state index in [-0.39, 0.29) is 0 Å². The molecule has 8 nitrogen and oxygen atoms in total. The Hall–Kier alpha value is -3.96. The minimum absolute atomic E-state index is 0.304. The fraction of sp³-hybridized carbons (Fsp3) is 0.308. The summed E-state index contributed by atoms with van der Waals surface area (Å²) in [5.74, 6) is 1.35. The number of piperidine rings is 1. The Labute approximate surface area is 198 Å². The summed E-state index contributed by atoms with van der Waals surface area (Å²) in [7, 11) is 0. The van der Waals surface area contributed by atoms with Crippen LogP contribution in [0.1, 0.15) is 43.9 Å². The van der Waals surface area contributed by atoms with Gasteiger partial charge < -0.3 is 9.73 Å². The van der Waals surface area contributed by atoms with E-state index in [1.165, 1.54) is 5.56 Å². The maximum absolute atomic E-state index is 9.43. The summed E-state index contributed by atoms with van der Waals surface area (Å²) in [6, 6.07) is 14.4. The van der Waals surface area contributed by atoms with Crippen molar-refractivity contribution in [2.75, 3.05) is 13.1 Å². The lowest BCUT2D eigenvalue weighted by atomic mass is 9.90. The molecule has 1 aliphatic rings. The van der Waals surface area contributed by atoms with Crippen LogP contribution in [0.4, 0.5) is 0 Å². The Balaban J connectivity index is 1.39. The van der Waals surface area contributed by atoms with E-state index in [1.807, 2.05) is 38.1 Å². The normalized spacial score (nSPS) is 14.6. The Kier molecular flexibility index (Phi) is 5.86. The van der Waals surface area contributed by atoms with E-state index in [4.69, 9.17) is 4.42 Å². The lowest BCUT2D eigenvalue weighted by Gasteiger charge is -2.22. The van der Waals surface area contributed by atoms with E-state index in [2.05, 4.69) is 48.7 Å². The number of nitrogens with one attached hydrogen (secondary N) is 1. The highest BCUT2D eigenvalue weighted by Crippen LogP contribution is 2.29. The lowest BCUT2D eigenvalue weighted by Crippen LogP contribution is -2.26. The Bertz CT molecular complexity index is 1330. The zero-order valence-electron chi connectivity index (χ0n) is 19.2. The molecule has 0 amide bonds. The highest BCUT2D eigenvalue weighted by Gasteiger charge is 2.22. The van der Waals surface area contributed by atoms with Crippen molar-refractivity contribution in [2.45, 2.75) is 38.0 Å². The summed E-state index contributed by atoms with van der Waals surface area (Å²) < 4.78 is 5.94. The second-order valence-electron chi connectivity index (χ2n) is 9.01. The smallest absolute Gasteiger partial charge is 0.268 e. The first-order valence-electron chi connectivity index (χ1n) is 11.4. The van der Waals surface area contributed by atoms with Crippen LogP contribution in [0.25, 0.3) is 34.3 Å². The van der Waals surface area contributed by atoms with Crippen molar-refractivity contribution in [2.24, 2.45) is 0 Å². The molecule has 5 rings (SSSR count). The summed E-state index contributed by atoms with van der Waals surface area (Å²) in [5.41, 5.74) is 4.13. The van der Waals surface area contributed by atoms with E-state index in [0.717, 1.165) is 37.1 Å². The number of nitriles is 1. The molecule has 0 atom stereocenters. The first-order valence-corrected chi connectivity index (χ1v) is 11.4. The van der Waals surface area contributed by atoms with Gasteiger partial charge in [0.1, 0.15) is 5.69 Å². The number of pyridine rings is 1. The third kappa shape index (κ3) is 4.43. The van der Waals surface area contributed by atoms with Crippen LogP contribution in [0.5, 0.6) is 0 Å². The molecule has 1 N–H and O–H groups in total. The quantitative estimate of drug-likeness (QED) is 0.471. The molecule has 1 aromatic carbocycles. The van der Waals surface area contributed by atoms with Crippen LogP contribution in [0, 0.1) is 11.3 Å². The minimum Gasteiger partial charge on any atom is -0.415 e. The number of aromatic nitrogens is 5. The third-order valence-electron chi connectivity index (χ3n) is 6.22. The van der Waals surface area contributed by atoms with Crippen LogP contribution in [0.2, 0.25) is 0 Å². The number of nitrogens with zero attached hydrogens (tertiary/aromatic N) is 6. The molecule has 1 fully saturated rings. The molecule has 0 bridgehead atoms. The summed E-state index contributed by atoms with van der Waals surface area (Å²) >= 11 is 0. The molecule has 8 heteroatoms. The summed E-state index contributed by atoms with van der Waals surface area (Å²) in [6.07, 6.45) is 7.26. The van der Waals surface area contributed by atoms with Crippen molar-refractivity contribution in [3.63, 3.8) is 0 Å². The molecule has 4 heterocycles. The van der Waals surface area contributed by atoms with Gasteiger partial charge in [-0.2, -0.15) is 5.26 Å². The molecular weight excluding hydrogens is 426 g/mol. The zero-order chi connectivity index (χ0) is 23.5. The van der Waals surface area contributed by atoms with E-state index < -0.39 is 5.41 Å². The van der Waals surface area contributed by atoms with Gasteiger partial charge in [-0.3, -0.25) is 9.97 Å². The number of rotatable bonds is 5. The van der Waals surface area contributed by atoms with Crippen LogP contribution < -0.4 is 5.32 Å². The van der Waals surface area contributed by atoms with Gasteiger partial charge in [0.2, 0.25) is 5.89 Å². The van der Waals surface area contributed by atoms with Crippen molar-refractivity contribution in [3.05, 3.63) is 66.2 Å². The number of hydrogen-bond acceptors (Lipinski definition) is 8. The van der Waals surface area contributed by atoms with E-state index in [9.17, 15) is 5.26 Å². The molecule has 3 aromatic heterocycles. The van der Waals surface area contributed by atoms with Gasteiger partial charge in [-0.1, -0.05) is 12.1 Å². The van der Waals surface area contributed by atoms with Gasteiger partial charge in [-0.05, 0) is 75.5 Å². The Morgan fingerprint density at radius 1 is 0.971 bits per heavy atom. The summed E-state index contributed by atoms with van der Waals surface area (Å²) in [4.78, 5) is 13.3. The first-order chi connectivity index (χ1) is 16.5. The Morgan fingerprint density at radius 3 is 2.47 bits per heavy atom. The van der Waals surface area contributed by atoms with Crippen LogP contribution in [-0.4, -0.2) is 38.2 Å². The zero-order valence-corrected chi connectivity index (χ0v) is 19.2. The van der Waals surface area contributed by atoms with Crippen molar-refractivity contribution in [1.82, 2.24) is 30.5 Å². The van der Waals surface area contributed by atoms with E-state index in [1.54, 1.807) is 18.6 Å². The van der Waals surface area contributed by atoms with Gasteiger partial charge in [0.05, 0.1) is 35.3 Å². The molecule has 0 spiro atoms. The van der Waals surface area contributed by atoms with Gasteiger partial charge in [0.15, 0.2) is 0 Å². The molecule has 0 unspecified atom stereocenters. The molecule has 4 aromatic rings. The number of benzene rings is 1. The third-order valence-corrected chi connectivity index (χ3v) is 6.22. The van der Waals surface area contributed by atoms with Gasteiger partial charge in [0, 0.05) is 17.3 Å². The molecular formula is C26H25N7O. The van der Waals surface area contributed by atoms with Crippen LogP contribution in [0.15, 0.2) is 59.4 Å². The van der Waals surface area contributed by atoms with Crippen molar-refractivity contribution >= 4 is 0 Å². The molecule has 1 saturated heterocycles. The predicted molar refractivity (Wildman–Crippen MR) is 127 cm³/mol. The van der Waals surface area contributed by atoms with E-state index in [0.29, 0.717) is 34.8 Å². The van der Waals surface area contributed by atoms with Gasteiger partial charge in [-0.25, -0.2) is 4.98 Å². The predicted octanol–water partition coefficient (Wildman–Crippen LogP) is 4.52. The van der Waals surface area contributed by atoms with Gasteiger partial charge in [0.25, 0.3) is 5.89 Å². The minimum atomic E-state index is -0.703. The van der Waals surface area contributed by atoms with Crippen molar-refractivity contribution in [1.29, 1.82) is 5.26 Å².